The van der Waals surface area contributed by atoms with E-state index in [1.807, 2.05) is 6.07 Å². The number of aromatic nitrogens is 2. The first-order valence-electron chi connectivity index (χ1n) is 7.27. The van der Waals surface area contributed by atoms with Crippen molar-refractivity contribution in [2.75, 3.05) is 36.0 Å². The lowest BCUT2D eigenvalue weighted by Gasteiger charge is -2.31. The number of rotatable bonds is 2. The Balaban J connectivity index is 1.80. The summed E-state index contributed by atoms with van der Waals surface area (Å²) in [5.41, 5.74) is 0. The Bertz CT molecular complexity index is 437. The molecule has 0 aliphatic carbocycles. The van der Waals surface area contributed by atoms with Crippen LogP contribution in [0, 0.1) is 5.92 Å². The lowest BCUT2D eigenvalue weighted by atomic mass is 10.00. The third kappa shape index (κ3) is 2.94. The number of piperidine rings is 1. The zero-order valence-corrected chi connectivity index (χ0v) is 12.2. The van der Waals surface area contributed by atoms with E-state index in [0.29, 0.717) is 5.15 Å². The number of hydrogen-bond donors (Lipinski definition) is 0. The van der Waals surface area contributed by atoms with Crippen molar-refractivity contribution in [1.82, 2.24) is 9.97 Å². The van der Waals surface area contributed by atoms with Gasteiger partial charge in [-0.2, -0.15) is 4.98 Å². The van der Waals surface area contributed by atoms with E-state index < -0.39 is 0 Å². The van der Waals surface area contributed by atoms with Gasteiger partial charge < -0.3 is 9.80 Å². The SMILES string of the molecule is CC1CCN(c2nc(Cl)cc(N3CCCC3)n2)CC1. The third-order valence-electron chi connectivity index (χ3n) is 4.17. The van der Waals surface area contributed by atoms with Crippen LogP contribution in [0.25, 0.3) is 0 Å². The molecule has 0 saturated carbocycles. The molecule has 1 aromatic rings. The van der Waals surface area contributed by atoms with E-state index in [4.69, 9.17) is 16.6 Å². The van der Waals surface area contributed by atoms with Crippen LogP contribution in [0.2, 0.25) is 5.15 Å². The second-order valence-corrected chi connectivity index (χ2v) is 6.10. The number of nitrogens with zero attached hydrogens (tertiary/aromatic N) is 4. The quantitative estimate of drug-likeness (QED) is 0.780. The predicted octanol–water partition coefficient (Wildman–Crippen LogP) is 2.97. The molecule has 3 rings (SSSR count). The summed E-state index contributed by atoms with van der Waals surface area (Å²) in [7, 11) is 0. The van der Waals surface area contributed by atoms with Crippen LogP contribution >= 0.6 is 11.6 Å². The van der Waals surface area contributed by atoms with E-state index in [2.05, 4.69) is 21.7 Å². The minimum absolute atomic E-state index is 0.561. The van der Waals surface area contributed by atoms with Crippen LogP contribution in [0.5, 0.6) is 0 Å². The fourth-order valence-electron chi connectivity index (χ4n) is 2.85. The first-order valence-corrected chi connectivity index (χ1v) is 7.64. The molecule has 0 spiro atoms. The van der Waals surface area contributed by atoms with Crippen LogP contribution < -0.4 is 9.80 Å². The van der Waals surface area contributed by atoms with Crippen LogP contribution in [-0.2, 0) is 0 Å². The van der Waals surface area contributed by atoms with Crippen LogP contribution in [0.15, 0.2) is 6.07 Å². The van der Waals surface area contributed by atoms with Crippen molar-refractivity contribution in [2.45, 2.75) is 32.6 Å². The molecule has 0 bridgehead atoms. The number of hydrogen-bond acceptors (Lipinski definition) is 4. The van der Waals surface area contributed by atoms with Crippen LogP contribution in [-0.4, -0.2) is 36.1 Å². The van der Waals surface area contributed by atoms with Crippen molar-refractivity contribution in [3.8, 4) is 0 Å². The van der Waals surface area contributed by atoms with Gasteiger partial charge in [-0.1, -0.05) is 18.5 Å². The first-order chi connectivity index (χ1) is 9.22. The maximum Gasteiger partial charge on any atom is 0.228 e. The zero-order valence-electron chi connectivity index (χ0n) is 11.5. The van der Waals surface area contributed by atoms with Gasteiger partial charge in [0.15, 0.2) is 0 Å². The van der Waals surface area contributed by atoms with Gasteiger partial charge in [-0.05, 0) is 31.6 Å². The van der Waals surface area contributed by atoms with Crippen molar-refractivity contribution < 1.29 is 0 Å². The summed E-state index contributed by atoms with van der Waals surface area (Å²) in [6.07, 6.45) is 4.93. The molecule has 4 nitrogen and oxygen atoms in total. The average Bonchev–Trinajstić information content (AvgIpc) is 2.93. The monoisotopic (exact) mass is 280 g/mol. The molecular weight excluding hydrogens is 260 g/mol. The maximum absolute atomic E-state index is 6.17. The zero-order chi connectivity index (χ0) is 13.2. The summed E-state index contributed by atoms with van der Waals surface area (Å²) in [6, 6.07) is 1.89. The van der Waals surface area contributed by atoms with Gasteiger partial charge in [0.25, 0.3) is 0 Å². The van der Waals surface area contributed by atoms with E-state index in [1.54, 1.807) is 0 Å². The van der Waals surface area contributed by atoms with Crippen LogP contribution in [0.3, 0.4) is 0 Å². The summed E-state index contributed by atoms with van der Waals surface area (Å²) >= 11 is 6.17. The lowest BCUT2D eigenvalue weighted by molar-refractivity contribution is 0.434. The van der Waals surface area contributed by atoms with Crippen molar-refractivity contribution >= 4 is 23.4 Å². The van der Waals surface area contributed by atoms with Gasteiger partial charge in [-0.15, -0.1) is 0 Å². The molecule has 0 atom stereocenters. The Labute approximate surface area is 119 Å². The summed E-state index contributed by atoms with van der Waals surface area (Å²) in [5, 5.41) is 0.561. The molecule has 0 radical (unpaired) electrons. The fourth-order valence-corrected chi connectivity index (χ4v) is 3.03. The Morgan fingerprint density at radius 2 is 1.74 bits per heavy atom. The largest absolute Gasteiger partial charge is 0.356 e. The summed E-state index contributed by atoms with van der Waals surface area (Å²) < 4.78 is 0. The molecule has 104 valence electrons. The predicted molar refractivity (Wildman–Crippen MR) is 79.1 cm³/mol. The van der Waals surface area contributed by atoms with E-state index in [9.17, 15) is 0 Å². The topological polar surface area (TPSA) is 32.3 Å². The highest BCUT2D eigenvalue weighted by molar-refractivity contribution is 6.29. The number of anilines is 2. The Hall–Kier alpha value is -1.03. The van der Waals surface area contributed by atoms with Crippen LogP contribution in [0.1, 0.15) is 32.6 Å². The van der Waals surface area contributed by atoms with Crippen molar-refractivity contribution in [3.05, 3.63) is 11.2 Å². The molecule has 2 aliphatic rings. The van der Waals surface area contributed by atoms with Gasteiger partial charge in [-0.25, -0.2) is 4.98 Å². The van der Waals surface area contributed by atoms with Gasteiger partial charge in [-0.3, -0.25) is 0 Å². The van der Waals surface area contributed by atoms with Crippen molar-refractivity contribution in [1.29, 1.82) is 0 Å². The molecule has 1 aromatic heterocycles. The standard InChI is InChI=1S/C14H21ClN4/c1-11-4-8-19(9-5-11)14-16-12(15)10-13(17-14)18-6-2-3-7-18/h10-11H,2-9H2,1H3. The second-order valence-electron chi connectivity index (χ2n) is 5.71. The average molecular weight is 281 g/mol. The number of halogens is 1. The highest BCUT2D eigenvalue weighted by atomic mass is 35.5. The van der Waals surface area contributed by atoms with Crippen LogP contribution in [0.4, 0.5) is 11.8 Å². The normalized spacial score (nSPS) is 21.2. The van der Waals surface area contributed by atoms with Gasteiger partial charge in [0.1, 0.15) is 11.0 Å². The molecule has 0 amide bonds. The Kier molecular flexibility index (Phi) is 3.78. The molecule has 2 saturated heterocycles. The van der Waals surface area contributed by atoms with Gasteiger partial charge in [0.05, 0.1) is 0 Å². The third-order valence-corrected chi connectivity index (χ3v) is 4.36. The Morgan fingerprint density at radius 1 is 1.05 bits per heavy atom. The van der Waals surface area contributed by atoms with E-state index >= 15 is 0 Å². The summed E-state index contributed by atoms with van der Waals surface area (Å²) in [6.45, 7) is 6.57. The Morgan fingerprint density at radius 3 is 2.42 bits per heavy atom. The molecular formula is C14H21ClN4. The van der Waals surface area contributed by atoms with Gasteiger partial charge in [0.2, 0.25) is 5.95 Å². The minimum atomic E-state index is 0.561. The van der Waals surface area contributed by atoms with E-state index in [1.165, 1.54) is 25.7 Å². The molecule has 19 heavy (non-hydrogen) atoms. The summed E-state index contributed by atoms with van der Waals surface area (Å²) in [5.74, 6) is 2.61. The lowest BCUT2D eigenvalue weighted by Crippen LogP contribution is -2.34. The smallest absolute Gasteiger partial charge is 0.228 e. The second kappa shape index (κ2) is 5.53. The van der Waals surface area contributed by atoms with Crippen molar-refractivity contribution in [2.24, 2.45) is 5.92 Å². The van der Waals surface area contributed by atoms with Gasteiger partial charge >= 0.3 is 0 Å². The summed E-state index contributed by atoms with van der Waals surface area (Å²) in [4.78, 5) is 13.7. The molecule has 0 unspecified atom stereocenters. The first kappa shape index (κ1) is 13.0. The highest BCUT2D eigenvalue weighted by Gasteiger charge is 2.21. The molecule has 2 fully saturated rings. The molecule has 0 N–H and O–H groups in total. The minimum Gasteiger partial charge on any atom is -0.356 e. The highest BCUT2D eigenvalue weighted by Crippen LogP contribution is 2.26. The fraction of sp³-hybridized carbons (Fsp3) is 0.714. The molecule has 2 aliphatic heterocycles. The van der Waals surface area contributed by atoms with E-state index in [0.717, 1.165) is 43.9 Å². The molecule has 3 heterocycles. The molecule has 5 heteroatoms. The van der Waals surface area contributed by atoms with Crippen molar-refractivity contribution in [3.63, 3.8) is 0 Å². The molecule has 0 aromatic carbocycles. The van der Waals surface area contributed by atoms with E-state index in [-0.39, 0.29) is 0 Å². The van der Waals surface area contributed by atoms with Gasteiger partial charge in [0, 0.05) is 32.2 Å². The maximum atomic E-state index is 6.17.